The molecule has 3 heterocycles. The van der Waals surface area contributed by atoms with Crippen LogP contribution in [0.2, 0.25) is 0 Å². The predicted octanol–water partition coefficient (Wildman–Crippen LogP) is 5.35. The zero-order chi connectivity index (χ0) is 27.7. The van der Waals surface area contributed by atoms with Gasteiger partial charge in [0.2, 0.25) is 5.91 Å². The summed E-state index contributed by atoms with van der Waals surface area (Å²) in [4.78, 5) is 49.2. The number of alkyl halides is 3. The number of benzene rings is 2. The van der Waals surface area contributed by atoms with Crippen LogP contribution in [-0.4, -0.2) is 50.4 Å². The predicted molar refractivity (Wildman–Crippen MR) is 132 cm³/mol. The lowest BCUT2D eigenvalue weighted by atomic mass is 10.0. The van der Waals surface area contributed by atoms with Gasteiger partial charge in [-0.1, -0.05) is 6.07 Å². The maximum atomic E-state index is 12.4. The van der Waals surface area contributed by atoms with Crippen molar-refractivity contribution in [3.05, 3.63) is 71.9 Å². The van der Waals surface area contributed by atoms with Crippen molar-refractivity contribution in [2.45, 2.75) is 32.0 Å². The van der Waals surface area contributed by atoms with Crippen LogP contribution in [0.4, 0.5) is 13.2 Å². The lowest BCUT2D eigenvalue weighted by molar-refractivity contribution is -0.193. The van der Waals surface area contributed by atoms with E-state index in [1.54, 1.807) is 23.2 Å². The molecule has 2 aromatic heterocycles. The normalized spacial score (nSPS) is 15.4. The molecule has 1 unspecified atom stereocenters. The molecule has 1 N–H and O–H groups in total. The molecule has 0 radical (unpaired) electrons. The number of esters is 2. The fourth-order valence-corrected chi connectivity index (χ4v) is 4.48. The van der Waals surface area contributed by atoms with Crippen molar-refractivity contribution >= 4 is 28.9 Å². The van der Waals surface area contributed by atoms with Gasteiger partial charge >= 0.3 is 18.1 Å². The van der Waals surface area contributed by atoms with Gasteiger partial charge in [0.1, 0.15) is 17.2 Å². The second-order valence-corrected chi connectivity index (χ2v) is 8.88. The molecule has 0 saturated carbocycles. The number of aromatic amines is 1. The van der Waals surface area contributed by atoms with Gasteiger partial charge in [-0.05, 0) is 55.3 Å². The number of imidazole rings is 1. The Hall–Kier alpha value is -4.74. The second kappa shape index (κ2) is 10.2. The summed E-state index contributed by atoms with van der Waals surface area (Å²) in [6.45, 7) is 2.11. The number of likely N-dealkylation sites (tertiary alicyclic amines) is 1. The van der Waals surface area contributed by atoms with Crippen molar-refractivity contribution in [1.29, 1.82) is 0 Å². The van der Waals surface area contributed by atoms with Crippen LogP contribution in [0.3, 0.4) is 0 Å². The Morgan fingerprint density at radius 1 is 1.08 bits per heavy atom. The Kier molecular flexibility index (Phi) is 6.77. The van der Waals surface area contributed by atoms with Gasteiger partial charge in [-0.2, -0.15) is 13.2 Å². The first-order chi connectivity index (χ1) is 18.6. The van der Waals surface area contributed by atoms with Crippen LogP contribution in [0.1, 0.15) is 41.7 Å². The molecule has 2 aromatic carbocycles. The lowest BCUT2D eigenvalue weighted by Gasteiger charge is -2.25. The number of rotatable bonds is 5. The third kappa shape index (κ3) is 5.44. The topological polar surface area (TPSA) is 114 Å². The van der Waals surface area contributed by atoms with Crippen molar-refractivity contribution in [2.75, 3.05) is 6.54 Å². The maximum absolute atomic E-state index is 12.4. The van der Waals surface area contributed by atoms with Gasteiger partial charge in [0.25, 0.3) is 0 Å². The number of aromatic nitrogens is 3. The minimum Gasteiger partial charge on any atom is -0.457 e. The minimum atomic E-state index is -5.29. The minimum absolute atomic E-state index is 0.0707. The van der Waals surface area contributed by atoms with Crippen LogP contribution >= 0.6 is 0 Å². The van der Waals surface area contributed by atoms with E-state index in [1.165, 1.54) is 31.2 Å². The van der Waals surface area contributed by atoms with Crippen molar-refractivity contribution in [3.63, 3.8) is 0 Å². The summed E-state index contributed by atoms with van der Waals surface area (Å²) < 4.78 is 47.2. The number of hydrogen-bond donors (Lipinski definition) is 1. The number of pyridine rings is 1. The first-order valence-corrected chi connectivity index (χ1v) is 11.9. The zero-order valence-corrected chi connectivity index (χ0v) is 20.5. The molecule has 1 atom stereocenters. The van der Waals surface area contributed by atoms with E-state index in [-0.39, 0.29) is 23.3 Å². The van der Waals surface area contributed by atoms with Gasteiger partial charge in [0.15, 0.2) is 5.82 Å². The van der Waals surface area contributed by atoms with E-state index < -0.39 is 18.1 Å². The highest BCUT2D eigenvalue weighted by atomic mass is 19.4. The monoisotopic (exact) mass is 538 g/mol. The number of amides is 1. The number of nitrogens with one attached hydrogen (secondary N) is 1. The quantitative estimate of drug-likeness (QED) is 0.269. The summed E-state index contributed by atoms with van der Waals surface area (Å²) in [5, 5.41) is 0. The highest BCUT2D eigenvalue weighted by molar-refractivity contribution is 5.98. The summed E-state index contributed by atoms with van der Waals surface area (Å²) in [7, 11) is 0. The van der Waals surface area contributed by atoms with Crippen LogP contribution in [0.15, 0.2) is 60.8 Å². The van der Waals surface area contributed by atoms with E-state index in [4.69, 9.17) is 4.74 Å². The Morgan fingerprint density at radius 2 is 1.85 bits per heavy atom. The first-order valence-electron chi connectivity index (χ1n) is 11.9. The first kappa shape index (κ1) is 25.9. The number of hydrogen-bond acceptors (Lipinski definition) is 7. The Morgan fingerprint density at radius 3 is 2.51 bits per heavy atom. The summed E-state index contributed by atoms with van der Waals surface area (Å²) in [5.41, 5.74) is 2.44. The van der Waals surface area contributed by atoms with Crippen LogP contribution < -0.4 is 4.74 Å². The van der Waals surface area contributed by atoms with E-state index in [2.05, 4.69) is 19.7 Å². The summed E-state index contributed by atoms with van der Waals surface area (Å²) in [6, 6.07) is 13.9. The summed E-state index contributed by atoms with van der Waals surface area (Å²) in [5.74, 6) is -2.86. The van der Waals surface area contributed by atoms with E-state index in [0.717, 1.165) is 23.9 Å². The van der Waals surface area contributed by atoms with Gasteiger partial charge in [0, 0.05) is 31.3 Å². The van der Waals surface area contributed by atoms with E-state index in [9.17, 15) is 27.6 Å². The smallest absolute Gasteiger partial charge is 0.457 e. The Bertz CT molecular complexity index is 1550. The van der Waals surface area contributed by atoms with E-state index in [0.29, 0.717) is 29.3 Å². The van der Waals surface area contributed by atoms with E-state index >= 15 is 0 Å². The Labute approximate surface area is 219 Å². The Balaban J connectivity index is 1.48. The molecule has 1 aliphatic rings. The number of carbonyl (C=O) groups is 3. The number of fused-ring (bicyclic) bond motifs is 1. The molecule has 1 saturated heterocycles. The molecule has 39 heavy (non-hydrogen) atoms. The molecule has 0 spiro atoms. The molecule has 200 valence electrons. The molecule has 1 fully saturated rings. The average Bonchev–Trinajstić information content (AvgIpc) is 3.56. The van der Waals surface area contributed by atoms with Crippen molar-refractivity contribution in [3.8, 4) is 23.0 Å². The number of carbonyl (C=O) groups excluding carboxylic acids is 3. The molecule has 9 nitrogen and oxygen atoms in total. The van der Waals surface area contributed by atoms with Crippen LogP contribution in [-0.2, 0) is 14.3 Å². The standard InChI is InChI=1S/C27H21F3N4O5/c1-15(35)34-12-4-6-22(34)18-13-20-21(33-24(32-20)19-5-2-3-11-31-19)14-23(18)38-17-9-7-16(8-10-17)25(36)39-26(37)27(28,29)30/h2-3,5,7-11,13-14,22H,4,6,12H2,1H3,(H,32,33). The number of H-pyrrole nitrogens is 1. The van der Waals surface area contributed by atoms with E-state index in [1.807, 2.05) is 18.2 Å². The van der Waals surface area contributed by atoms with Gasteiger partial charge in [-0.25, -0.2) is 14.6 Å². The van der Waals surface area contributed by atoms with Crippen molar-refractivity contribution in [2.24, 2.45) is 0 Å². The molecular weight excluding hydrogens is 517 g/mol. The third-order valence-electron chi connectivity index (χ3n) is 6.27. The fraction of sp³-hybridized carbons (Fsp3) is 0.222. The SMILES string of the molecule is CC(=O)N1CCCC1c1cc2[nH]c(-c3ccccn3)nc2cc1Oc1ccc(C(=O)OC(=O)C(F)(F)F)cc1. The summed E-state index contributed by atoms with van der Waals surface area (Å²) >= 11 is 0. The highest BCUT2D eigenvalue weighted by Crippen LogP contribution is 2.41. The zero-order valence-electron chi connectivity index (χ0n) is 20.5. The van der Waals surface area contributed by atoms with Crippen molar-refractivity contribution in [1.82, 2.24) is 19.9 Å². The molecule has 1 aliphatic heterocycles. The molecule has 0 bridgehead atoms. The second-order valence-electron chi connectivity index (χ2n) is 8.88. The van der Waals surface area contributed by atoms with Gasteiger partial charge in [-0.3, -0.25) is 9.78 Å². The van der Waals surface area contributed by atoms with Crippen LogP contribution in [0.25, 0.3) is 22.6 Å². The molecule has 1 amide bonds. The average molecular weight is 538 g/mol. The summed E-state index contributed by atoms with van der Waals surface area (Å²) in [6.07, 6.45) is -2.09. The molecule has 0 aliphatic carbocycles. The van der Waals surface area contributed by atoms with Crippen LogP contribution in [0.5, 0.6) is 11.5 Å². The largest absolute Gasteiger partial charge is 0.491 e. The number of halogens is 3. The highest BCUT2D eigenvalue weighted by Gasteiger charge is 2.42. The molecule has 5 rings (SSSR count). The molecular formula is C27H21F3N4O5. The maximum Gasteiger partial charge on any atom is 0.491 e. The van der Waals surface area contributed by atoms with Crippen molar-refractivity contribution < 1.29 is 37.0 Å². The van der Waals surface area contributed by atoms with Gasteiger partial charge in [0.05, 0.1) is 22.6 Å². The van der Waals surface area contributed by atoms with Crippen LogP contribution in [0, 0.1) is 0 Å². The lowest BCUT2D eigenvalue weighted by Crippen LogP contribution is -2.28. The van der Waals surface area contributed by atoms with Gasteiger partial charge in [-0.15, -0.1) is 0 Å². The fourth-order valence-electron chi connectivity index (χ4n) is 4.48. The number of ether oxygens (including phenoxy) is 2. The molecule has 4 aromatic rings. The van der Waals surface area contributed by atoms with Gasteiger partial charge < -0.3 is 19.4 Å². The number of nitrogens with zero attached hydrogens (tertiary/aromatic N) is 3. The molecule has 12 heteroatoms. The third-order valence-corrected chi connectivity index (χ3v) is 6.27.